The SMILES string of the molecule is CCCCCCCCCCCCCCCCCCn1cc[n+](C(C)C)c1C(C)C. The minimum atomic E-state index is 0.555. The van der Waals surface area contributed by atoms with E-state index in [4.69, 9.17) is 0 Å². The molecule has 0 radical (unpaired) electrons. The molecule has 0 bridgehead atoms. The number of unbranched alkanes of at least 4 members (excludes halogenated alkanes) is 15. The van der Waals surface area contributed by atoms with Crippen LogP contribution < -0.4 is 4.57 Å². The van der Waals surface area contributed by atoms with Crippen molar-refractivity contribution in [2.45, 2.75) is 156 Å². The van der Waals surface area contributed by atoms with Gasteiger partial charge in [0.15, 0.2) is 0 Å². The van der Waals surface area contributed by atoms with Crippen molar-refractivity contribution in [2.24, 2.45) is 0 Å². The quantitative estimate of drug-likeness (QED) is 0.161. The molecule has 1 aromatic heterocycles. The summed E-state index contributed by atoms with van der Waals surface area (Å²) in [5.41, 5.74) is 0. The van der Waals surface area contributed by atoms with Gasteiger partial charge in [0.1, 0.15) is 12.4 Å². The lowest BCUT2D eigenvalue weighted by molar-refractivity contribution is -0.723. The highest BCUT2D eigenvalue weighted by molar-refractivity contribution is 4.90. The van der Waals surface area contributed by atoms with E-state index in [0.717, 1.165) is 0 Å². The number of rotatable bonds is 19. The highest BCUT2D eigenvalue weighted by Crippen LogP contribution is 2.16. The fourth-order valence-corrected chi connectivity index (χ4v) is 4.54. The molecule has 1 heterocycles. The van der Waals surface area contributed by atoms with Gasteiger partial charge in [-0.1, -0.05) is 111 Å². The first-order valence-electron chi connectivity index (χ1n) is 13.2. The summed E-state index contributed by atoms with van der Waals surface area (Å²) in [6.07, 6.45) is 27.6. The van der Waals surface area contributed by atoms with Crippen LogP contribution in [-0.2, 0) is 6.54 Å². The first-order chi connectivity index (χ1) is 14.1. The van der Waals surface area contributed by atoms with E-state index in [0.29, 0.717) is 12.0 Å². The minimum absolute atomic E-state index is 0.555. The predicted octanol–water partition coefficient (Wildman–Crippen LogP) is 8.74. The molecule has 0 amide bonds. The molecule has 0 aliphatic rings. The van der Waals surface area contributed by atoms with Gasteiger partial charge in [0.2, 0.25) is 0 Å². The summed E-state index contributed by atoms with van der Waals surface area (Å²) < 4.78 is 4.94. The Morgan fingerprint density at radius 1 is 0.655 bits per heavy atom. The third-order valence-corrected chi connectivity index (χ3v) is 6.29. The zero-order valence-corrected chi connectivity index (χ0v) is 20.7. The molecule has 1 aromatic rings. The summed E-state index contributed by atoms with van der Waals surface area (Å²) in [5.74, 6) is 2.08. The van der Waals surface area contributed by atoms with Gasteiger partial charge >= 0.3 is 0 Å². The van der Waals surface area contributed by atoms with Gasteiger partial charge in [-0.15, -0.1) is 0 Å². The average Bonchev–Trinajstić information content (AvgIpc) is 3.12. The number of hydrogen-bond donors (Lipinski definition) is 0. The van der Waals surface area contributed by atoms with E-state index in [-0.39, 0.29) is 0 Å². The van der Waals surface area contributed by atoms with Crippen LogP contribution in [0.25, 0.3) is 0 Å². The van der Waals surface area contributed by atoms with Crippen LogP contribution in [0.4, 0.5) is 0 Å². The molecule has 0 unspecified atom stereocenters. The molecule has 1 rings (SSSR count). The molecule has 0 atom stereocenters. The smallest absolute Gasteiger partial charge is 0.234 e. The van der Waals surface area contributed by atoms with Gasteiger partial charge in [0.25, 0.3) is 5.82 Å². The van der Waals surface area contributed by atoms with E-state index in [9.17, 15) is 0 Å². The van der Waals surface area contributed by atoms with Gasteiger partial charge in [-0.25, -0.2) is 9.13 Å². The molecule has 0 fully saturated rings. The molecule has 29 heavy (non-hydrogen) atoms. The van der Waals surface area contributed by atoms with Gasteiger partial charge in [-0.3, -0.25) is 0 Å². The number of nitrogens with zero attached hydrogens (tertiary/aromatic N) is 2. The summed E-state index contributed by atoms with van der Waals surface area (Å²) in [6, 6.07) is 0.555. The van der Waals surface area contributed by atoms with Crippen molar-refractivity contribution in [3.05, 3.63) is 18.2 Å². The standard InChI is InChI=1S/C27H53N2/c1-6-7-8-9-10-11-12-13-14-15-16-17-18-19-20-21-22-28-23-24-29(26(4)5)27(28)25(2)3/h23-26H,6-22H2,1-5H3/q+1. The average molecular weight is 406 g/mol. The van der Waals surface area contributed by atoms with Crippen LogP contribution in [0.3, 0.4) is 0 Å². The van der Waals surface area contributed by atoms with E-state index < -0.39 is 0 Å². The molecule has 0 N–H and O–H groups in total. The molecule has 2 nitrogen and oxygen atoms in total. The third-order valence-electron chi connectivity index (χ3n) is 6.29. The van der Waals surface area contributed by atoms with Gasteiger partial charge in [0.05, 0.1) is 18.5 Å². The van der Waals surface area contributed by atoms with Crippen molar-refractivity contribution in [3.8, 4) is 0 Å². The molecule has 170 valence electrons. The van der Waals surface area contributed by atoms with Crippen molar-refractivity contribution in [1.82, 2.24) is 4.57 Å². The summed E-state index contributed by atoms with van der Waals surface area (Å²) in [6.45, 7) is 12.7. The Bertz CT molecular complexity index is 487. The third kappa shape index (κ3) is 11.8. The maximum Gasteiger partial charge on any atom is 0.259 e. The van der Waals surface area contributed by atoms with E-state index in [1.807, 2.05) is 0 Å². The molecule has 0 aliphatic heterocycles. The van der Waals surface area contributed by atoms with Crippen LogP contribution in [-0.4, -0.2) is 4.57 Å². The summed E-state index contributed by atoms with van der Waals surface area (Å²) >= 11 is 0. The van der Waals surface area contributed by atoms with Gasteiger partial charge in [-0.05, 0) is 26.7 Å². The lowest BCUT2D eigenvalue weighted by atomic mass is 10.0. The van der Waals surface area contributed by atoms with E-state index in [1.165, 1.54) is 115 Å². The fraction of sp³-hybridized carbons (Fsp3) is 0.889. The molecule has 0 aromatic carbocycles. The van der Waals surface area contributed by atoms with Crippen molar-refractivity contribution in [1.29, 1.82) is 0 Å². The zero-order valence-electron chi connectivity index (χ0n) is 20.7. The Kier molecular flexibility index (Phi) is 15.3. The van der Waals surface area contributed by atoms with Crippen LogP contribution in [0.2, 0.25) is 0 Å². The first kappa shape index (κ1) is 26.2. The fourth-order valence-electron chi connectivity index (χ4n) is 4.54. The van der Waals surface area contributed by atoms with Gasteiger partial charge in [0, 0.05) is 0 Å². The normalized spacial score (nSPS) is 11.8. The summed E-state index contributed by atoms with van der Waals surface area (Å²) in [7, 11) is 0. The number of aryl methyl sites for hydroxylation is 1. The molecule has 0 spiro atoms. The van der Waals surface area contributed by atoms with Crippen molar-refractivity contribution < 1.29 is 4.57 Å². The number of imidazole rings is 1. The van der Waals surface area contributed by atoms with Gasteiger partial charge < -0.3 is 0 Å². The van der Waals surface area contributed by atoms with Crippen LogP contribution in [0.15, 0.2) is 12.4 Å². The Morgan fingerprint density at radius 2 is 1.07 bits per heavy atom. The minimum Gasteiger partial charge on any atom is -0.234 e. The Morgan fingerprint density at radius 3 is 1.45 bits per heavy atom. The molecule has 0 saturated heterocycles. The highest BCUT2D eigenvalue weighted by Gasteiger charge is 2.21. The predicted molar refractivity (Wildman–Crippen MR) is 129 cm³/mol. The van der Waals surface area contributed by atoms with Crippen LogP contribution in [0.1, 0.15) is 155 Å². The van der Waals surface area contributed by atoms with Crippen LogP contribution >= 0.6 is 0 Å². The van der Waals surface area contributed by atoms with Crippen LogP contribution in [0.5, 0.6) is 0 Å². The molecule has 2 heteroatoms. The second-order valence-corrected chi connectivity index (χ2v) is 9.81. The number of hydrogen-bond acceptors (Lipinski definition) is 0. The largest absolute Gasteiger partial charge is 0.259 e. The second kappa shape index (κ2) is 16.9. The van der Waals surface area contributed by atoms with Gasteiger partial charge in [-0.2, -0.15) is 0 Å². The van der Waals surface area contributed by atoms with E-state index in [1.54, 1.807) is 0 Å². The second-order valence-electron chi connectivity index (χ2n) is 9.81. The maximum atomic E-state index is 2.49. The number of aromatic nitrogens is 2. The maximum absolute atomic E-state index is 2.49. The van der Waals surface area contributed by atoms with Crippen molar-refractivity contribution in [3.63, 3.8) is 0 Å². The molecular formula is C27H53N2+. The Hall–Kier alpha value is -0.790. The first-order valence-corrected chi connectivity index (χ1v) is 13.2. The van der Waals surface area contributed by atoms with Crippen molar-refractivity contribution >= 4 is 0 Å². The van der Waals surface area contributed by atoms with E-state index in [2.05, 4.69) is 56.1 Å². The Balaban J connectivity index is 1.94. The highest BCUT2D eigenvalue weighted by atomic mass is 15.2. The van der Waals surface area contributed by atoms with Crippen molar-refractivity contribution in [2.75, 3.05) is 0 Å². The summed E-state index contributed by atoms with van der Waals surface area (Å²) in [5, 5.41) is 0. The summed E-state index contributed by atoms with van der Waals surface area (Å²) in [4.78, 5) is 0. The molecular weight excluding hydrogens is 352 g/mol. The Labute approximate surface area is 183 Å². The topological polar surface area (TPSA) is 8.81 Å². The van der Waals surface area contributed by atoms with E-state index >= 15 is 0 Å². The molecule has 0 aliphatic carbocycles. The van der Waals surface area contributed by atoms with Crippen LogP contribution in [0, 0.1) is 0 Å². The monoisotopic (exact) mass is 405 g/mol. The lowest BCUT2D eigenvalue weighted by Crippen LogP contribution is -2.40. The lowest BCUT2D eigenvalue weighted by Gasteiger charge is -2.10. The molecule has 0 saturated carbocycles. The zero-order chi connectivity index (χ0) is 21.3.